The minimum absolute atomic E-state index is 0.433. The van der Waals surface area contributed by atoms with Crippen LogP contribution in [-0.4, -0.2) is 24.3 Å². The molecule has 0 amide bonds. The topological polar surface area (TPSA) is 46.5 Å². The Balaban J connectivity index is 1.95. The van der Waals surface area contributed by atoms with E-state index in [-0.39, 0.29) is 0 Å². The SMILES string of the molecule is O=C(O)C1(c2ccc(C3CCOC3)c(Br)c2)CCCC1. The number of carboxylic acid groups (broad SMARTS) is 1. The molecule has 3 rings (SSSR count). The first-order valence-electron chi connectivity index (χ1n) is 7.24. The number of rotatable bonds is 3. The number of aliphatic carboxylic acids is 1. The van der Waals surface area contributed by atoms with Gasteiger partial charge in [-0.05, 0) is 36.5 Å². The molecule has 108 valence electrons. The quantitative estimate of drug-likeness (QED) is 0.910. The molecule has 0 aromatic heterocycles. The van der Waals surface area contributed by atoms with Crippen LogP contribution in [0.2, 0.25) is 0 Å². The van der Waals surface area contributed by atoms with E-state index in [1.54, 1.807) is 0 Å². The van der Waals surface area contributed by atoms with Crippen LogP contribution in [0.15, 0.2) is 22.7 Å². The molecular formula is C16H19BrO3. The summed E-state index contributed by atoms with van der Waals surface area (Å²) in [7, 11) is 0. The molecule has 1 atom stereocenters. The molecule has 1 aliphatic carbocycles. The van der Waals surface area contributed by atoms with Crippen LogP contribution >= 0.6 is 15.9 Å². The van der Waals surface area contributed by atoms with E-state index < -0.39 is 11.4 Å². The van der Waals surface area contributed by atoms with Gasteiger partial charge in [0.15, 0.2) is 0 Å². The van der Waals surface area contributed by atoms with Crippen molar-refractivity contribution in [3.05, 3.63) is 33.8 Å². The Kier molecular flexibility index (Phi) is 3.87. The van der Waals surface area contributed by atoms with Gasteiger partial charge in [-0.2, -0.15) is 0 Å². The lowest BCUT2D eigenvalue weighted by Gasteiger charge is -2.25. The summed E-state index contributed by atoms with van der Waals surface area (Å²) in [6.45, 7) is 1.58. The second-order valence-corrected chi connectivity index (χ2v) is 6.75. The van der Waals surface area contributed by atoms with Crippen LogP contribution in [0.3, 0.4) is 0 Å². The molecule has 1 saturated carbocycles. The van der Waals surface area contributed by atoms with E-state index in [2.05, 4.69) is 22.0 Å². The Morgan fingerprint density at radius 3 is 2.65 bits per heavy atom. The van der Waals surface area contributed by atoms with Crippen LogP contribution in [-0.2, 0) is 14.9 Å². The van der Waals surface area contributed by atoms with Crippen LogP contribution in [0.1, 0.15) is 49.1 Å². The van der Waals surface area contributed by atoms with Crippen molar-refractivity contribution in [1.82, 2.24) is 0 Å². The van der Waals surface area contributed by atoms with Crippen molar-refractivity contribution < 1.29 is 14.6 Å². The molecule has 4 heteroatoms. The minimum atomic E-state index is -0.682. The van der Waals surface area contributed by atoms with Crippen LogP contribution in [0.25, 0.3) is 0 Å². The van der Waals surface area contributed by atoms with Gasteiger partial charge in [-0.25, -0.2) is 0 Å². The van der Waals surface area contributed by atoms with E-state index in [0.29, 0.717) is 5.92 Å². The lowest BCUT2D eigenvalue weighted by molar-refractivity contribution is -0.143. The summed E-state index contributed by atoms with van der Waals surface area (Å²) in [6.07, 6.45) is 4.55. The third kappa shape index (κ3) is 2.29. The highest BCUT2D eigenvalue weighted by molar-refractivity contribution is 9.10. The summed E-state index contributed by atoms with van der Waals surface area (Å²) in [4.78, 5) is 11.7. The first kappa shape index (κ1) is 14.1. The smallest absolute Gasteiger partial charge is 0.314 e. The largest absolute Gasteiger partial charge is 0.481 e. The third-order valence-electron chi connectivity index (χ3n) is 4.79. The number of hydrogen-bond acceptors (Lipinski definition) is 2. The Labute approximate surface area is 127 Å². The zero-order chi connectivity index (χ0) is 14.2. The van der Waals surface area contributed by atoms with Gasteiger partial charge >= 0.3 is 5.97 Å². The summed E-state index contributed by atoms with van der Waals surface area (Å²) < 4.78 is 6.47. The summed E-state index contributed by atoms with van der Waals surface area (Å²) in [6, 6.07) is 6.12. The Bertz CT molecular complexity index is 514. The molecule has 1 heterocycles. The average molecular weight is 339 g/mol. The summed E-state index contributed by atoms with van der Waals surface area (Å²) in [5, 5.41) is 9.65. The summed E-state index contributed by atoms with van der Waals surface area (Å²) >= 11 is 3.63. The van der Waals surface area contributed by atoms with Crippen molar-refractivity contribution in [1.29, 1.82) is 0 Å². The van der Waals surface area contributed by atoms with Crippen LogP contribution < -0.4 is 0 Å². The maximum Gasteiger partial charge on any atom is 0.314 e. The van der Waals surface area contributed by atoms with Gasteiger partial charge in [-0.15, -0.1) is 0 Å². The van der Waals surface area contributed by atoms with Crippen LogP contribution in [0.4, 0.5) is 0 Å². The molecule has 1 N–H and O–H groups in total. The maximum atomic E-state index is 11.7. The Hall–Kier alpha value is -0.870. The number of hydrogen-bond donors (Lipinski definition) is 1. The van der Waals surface area contributed by atoms with E-state index >= 15 is 0 Å². The van der Waals surface area contributed by atoms with E-state index in [0.717, 1.165) is 55.4 Å². The predicted molar refractivity (Wildman–Crippen MR) is 80.1 cm³/mol. The fourth-order valence-electron chi connectivity index (χ4n) is 3.54. The van der Waals surface area contributed by atoms with Crippen molar-refractivity contribution in [2.75, 3.05) is 13.2 Å². The molecule has 1 saturated heterocycles. The van der Waals surface area contributed by atoms with Gasteiger partial charge in [0.1, 0.15) is 0 Å². The summed E-state index contributed by atoms with van der Waals surface area (Å²) in [5.74, 6) is -0.248. The van der Waals surface area contributed by atoms with Crippen molar-refractivity contribution in [3.63, 3.8) is 0 Å². The van der Waals surface area contributed by atoms with E-state index in [4.69, 9.17) is 4.74 Å². The van der Waals surface area contributed by atoms with Crippen molar-refractivity contribution in [3.8, 4) is 0 Å². The van der Waals surface area contributed by atoms with Gasteiger partial charge in [0.2, 0.25) is 0 Å². The van der Waals surface area contributed by atoms with Gasteiger partial charge in [0.25, 0.3) is 0 Å². The van der Waals surface area contributed by atoms with Crippen LogP contribution in [0.5, 0.6) is 0 Å². The molecule has 0 bridgehead atoms. The second kappa shape index (κ2) is 5.49. The molecule has 2 aliphatic rings. The Morgan fingerprint density at radius 1 is 1.35 bits per heavy atom. The molecule has 2 fully saturated rings. The fourth-order valence-corrected chi connectivity index (χ4v) is 4.24. The number of ether oxygens (including phenoxy) is 1. The predicted octanol–water partition coefficient (Wildman–Crippen LogP) is 3.85. The lowest BCUT2D eigenvalue weighted by atomic mass is 9.78. The number of benzene rings is 1. The maximum absolute atomic E-state index is 11.7. The van der Waals surface area contributed by atoms with Crippen molar-refractivity contribution in [2.45, 2.75) is 43.4 Å². The van der Waals surface area contributed by atoms with E-state index in [1.807, 2.05) is 12.1 Å². The normalized spacial score (nSPS) is 24.9. The monoisotopic (exact) mass is 338 g/mol. The average Bonchev–Trinajstić information content (AvgIpc) is 3.11. The standard InChI is InChI=1S/C16H19BrO3/c17-14-9-12(16(15(18)19)6-1-2-7-16)3-4-13(14)11-5-8-20-10-11/h3-4,9,11H,1-2,5-8,10H2,(H,18,19). The zero-order valence-corrected chi connectivity index (χ0v) is 13.0. The summed E-state index contributed by atoms with van der Waals surface area (Å²) in [5.41, 5.74) is 1.51. The molecule has 1 unspecified atom stereocenters. The molecule has 1 aromatic rings. The van der Waals surface area contributed by atoms with Crippen molar-refractivity contribution >= 4 is 21.9 Å². The molecule has 1 aliphatic heterocycles. The van der Waals surface area contributed by atoms with Gasteiger partial charge in [-0.1, -0.05) is 40.9 Å². The van der Waals surface area contributed by atoms with Gasteiger partial charge in [0, 0.05) is 17.0 Å². The first-order valence-corrected chi connectivity index (χ1v) is 8.04. The van der Waals surface area contributed by atoms with Gasteiger partial charge in [-0.3, -0.25) is 4.79 Å². The number of carbonyl (C=O) groups is 1. The molecule has 20 heavy (non-hydrogen) atoms. The number of halogens is 1. The fraction of sp³-hybridized carbons (Fsp3) is 0.562. The second-order valence-electron chi connectivity index (χ2n) is 5.89. The zero-order valence-electron chi connectivity index (χ0n) is 11.4. The molecule has 0 radical (unpaired) electrons. The minimum Gasteiger partial charge on any atom is -0.481 e. The molecule has 0 spiro atoms. The highest BCUT2D eigenvalue weighted by Crippen LogP contribution is 2.43. The highest BCUT2D eigenvalue weighted by atomic mass is 79.9. The van der Waals surface area contributed by atoms with Gasteiger partial charge in [0.05, 0.1) is 12.0 Å². The van der Waals surface area contributed by atoms with Crippen molar-refractivity contribution in [2.24, 2.45) is 0 Å². The van der Waals surface area contributed by atoms with E-state index in [9.17, 15) is 9.90 Å². The third-order valence-corrected chi connectivity index (χ3v) is 5.48. The molecule has 3 nitrogen and oxygen atoms in total. The first-order chi connectivity index (χ1) is 9.63. The Morgan fingerprint density at radius 2 is 2.10 bits per heavy atom. The van der Waals surface area contributed by atoms with Gasteiger partial charge < -0.3 is 9.84 Å². The lowest BCUT2D eigenvalue weighted by Crippen LogP contribution is -2.32. The molecule has 1 aromatic carbocycles. The van der Waals surface area contributed by atoms with E-state index in [1.165, 1.54) is 5.56 Å². The van der Waals surface area contributed by atoms with Crippen LogP contribution in [0, 0.1) is 0 Å². The molecular weight excluding hydrogens is 320 g/mol. The number of carboxylic acids is 1. The highest BCUT2D eigenvalue weighted by Gasteiger charge is 2.43.